The fourth-order valence-corrected chi connectivity index (χ4v) is 3.29. The predicted molar refractivity (Wildman–Crippen MR) is 99.3 cm³/mol. The number of hydrogen-bond acceptors (Lipinski definition) is 5. The molecule has 2 amide bonds. The Morgan fingerprint density at radius 2 is 2.00 bits per heavy atom. The van der Waals surface area contributed by atoms with E-state index in [1.54, 1.807) is 24.3 Å². The van der Waals surface area contributed by atoms with Crippen LogP contribution in [0.5, 0.6) is 11.5 Å². The summed E-state index contributed by atoms with van der Waals surface area (Å²) in [5.74, 6) is 0.751. The van der Waals surface area contributed by atoms with Crippen molar-refractivity contribution in [2.75, 3.05) is 20.3 Å². The SMILES string of the molecule is C=CCOc1cc(Br)c(/C=C2\SC(=O)N(CC=C)C2=O)cc1OC. The third kappa shape index (κ3) is 3.91. The minimum Gasteiger partial charge on any atom is -0.493 e. The van der Waals surface area contributed by atoms with Gasteiger partial charge in [0, 0.05) is 11.0 Å². The van der Waals surface area contributed by atoms with Crippen molar-refractivity contribution in [1.82, 2.24) is 4.90 Å². The Kier molecular flexibility index (Phi) is 6.28. The predicted octanol–water partition coefficient (Wildman–Crippen LogP) is 4.24. The zero-order chi connectivity index (χ0) is 17.7. The van der Waals surface area contributed by atoms with Crippen molar-refractivity contribution < 1.29 is 19.1 Å². The minimum atomic E-state index is -0.331. The highest BCUT2D eigenvalue weighted by Crippen LogP contribution is 2.37. The number of benzene rings is 1. The van der Waals surface area contributed by atoms with Crippen LogP contribution in [0.1, 0.15) is 5.56 Å². The van der Waals surface area contributed by atoms with E-state index in [9.17, 15) is 9.59 Å². The lowest BCUT2D eigenvalue weighted by Crippen LogP contribution is -2.27. The summed E-state index contributed by atoms with van der Waals surface area (Å²) >= 11 is 4.35. The zero-order valence-electron chi connectivity index (χ0n) is 13.1. The molecule has 1 aromatic rings. The smallest absolute Gasteiger partial charge is 0.293 e. The molecular weight excluding hydrogens is 394 g/mol. The first-order chi connectivity index (χ1) is 11.5. The van der Waals surface area contributed by atoms with E-state index < -0.39 is 0 Å². The maximum absolute atomic E-state index is 12.3. The van der Waals surface area contributed by atoms with E-state index in [0.717, 1.165) is 21.1 Å². The van der Waals surface area contributed by atoms with Gasteiger partial charge in [-0.25, -0.2) is 0 Å². The summed E-state index contributed by atoms with van der Waals surface area (Å²) in [4.78, 5) is 25.6. The van der Waals surface area contributed by atoms with Crippen molar-refractivity contribution in [3.8, 4) is 11.5 Å². The Hall–Kier alpha value is -1.99. The molecule has 0 atom stereocenters. The van der Waals surface area contributed by atoms with Gasteiger partial charge >= 0.3 is 0 Å². The third-order valence-electron chi connectivity index (χ3n) is 3.11. The molecule has 1 saturated heterocycles. The molecule has 1 aromatic carbocycles. The van der Waals surface area contributed by atoms with Crippen LogP contribution in [-0.4, -0.2) is 36.3 Å². The van der Waals surface area contributed by atoms with E-state index >= 15 is 0 Å². The molecule has 7 heteroatoms. The molecule has 0 N–H and O–H groups in total. The fourth-order valence-electron chi connectivity index (χ4n) is 2.01. The number of carbonyl (C=O) groups is 2. The van der Waals surface area contributed by atoms with Gasteiger partial charge in [-0.15, -0.1) is 6.58 Å². The highest BCUT2D eigenvalue weighted by molar-refractivity contribution is 9.10. The van der Waals surface area contributed by atoms with Crippen LogP contribution in [0.3, 0.4) is 0 Å². The number of nitrogens with zero attached hydrogens (tertiary/aromatic N) is 1. The van der Waals surface area contributed by atoms with Gasteiger partial charge in [-0.2, -0.15) is 0 Å². The quantitative estimate of drug-likeness (QED) is 0.497. The van der Waals surface area contributed by atoms with Gasteiger partial charge in [-0.1, -0.05) is 34.7 Å². The molecule has 5 nitrogen and oxygen atoms in total. The topological polar surface area (TPSA) is 55.8 Å². The molecule has 0 bridgehead atoms. The molecule has 126 valence electrons. The Morgan fingerprint density at radius 1 is 1.25 bits per heavy atom. The lowest BCUT2D eigenvalue weighted by atomic mass is 10.2. The zero-order valence-corrected chi connectivity index (χ0v) is 15.5. The van der Waals surface area contributed by atoms with Crippen molar-refractivity contribution in [2.24, 2.45) is 0 Å². The van der Waals surface area contributed by atoms with Crippen molar-refractivity contribution in [1.29, 1.82) is 0 Å². The lowest BCUT2D eigenvalue weighted by molar-refractivity contribution is -0.122. The Bertz CT molecular complexity index is 730. The van der Waals surface area contributed by atoms with Crippen molar-refractivity contribution >= 4 is 44.9 Å². The fraction of sp³-hybridized carbons (Fsp3) is 0.176. The number of halogens is 1. The molecule has 0 aliphatic carbocycles. The average molecular weight is 410 g/mol. The van der Waals surface area contributed by atoms with E-state index in [4.69, 9.17) is 9.47 Å². The van der Waals surface area contributed by atoms with Gasteiger partial charge in [-0.3, -0.25) is 14.5 Å². The van der Waals surface area contributed by atoms with Crippen LogP contribution >= 0.6 is 27.7 Å². The van der Waals surface area contributed by atoms with Crippen molar-refractivity contribution in [3.05, 3.63) is 52.4 Å². The van der Waals surface area contributed by atoms with Gasteiger partial charge < -0.3 is 9.47 Å². The number of carbonyl (C=O) groups excluding carboxylic acids is 2. The second-order valence-corrected chi connectivity index (χ2v) is 6.55. The van der Waals surface area contributed by atoms with Gasteiger partial charge in [-0.05, 0) is 35.5 Å². The normalized spacial score (nSPS) is 15.8. The highest BCUT2D eigenvalue weighted by atomic mass is 79.9. The van der Waals surface area contributed by atoms with Crippen molar-refractivity contribution in [2.45, 2.75) is 0 Å². The lowest BCUT2D eigenvalue weighted by Gasteiger charge is -2.12. The maximum atomic E-state index is 12.3. The van der Waals surface area contributed by atoms with E-state index in [1.807, 2.05) is 0 Å². The maximum Gasteiger partial charge on any atom is 0.293 e. The second kappa shape index (κ2) is 8.21. The number of thioether (sulfide) groups is 1. The van der Waals surface area contributed by atoms with E-state index in [2.05, 4.69) is 29.1 Å². The summed E-state index contributed by atoms with van der Waals surface area (Å²) in [6, 6.07) is 3.49. The van der Waals surface area contributed by atoms with Gasteiger partial charge in [0.15, 0.2) is 11.5 Å². The van der Waals surface area contributed by atoms with Crippen LogP contribution in [0.25, 0.3) is 6.08 Å². The molecular formula is C17H16BrNO4S. The van der Waals surface area contributed by atoms with Gasteiger partial charge in [0.2, 0.25) is 0 Å². The van der Waals surface area contributed by atoms with Gasteiger partial charge in [0.05, 0.1) is 12.0 Å². The number of imide groups is 1. The van der Waals surface area contributed by atoms with Crippen LogP contribution in [0, 0.1) is 0 Å². The van der Waals surface area contributed by atoms with Crippen LogP contribution in [-0.2, 0) is 4.79 Å². The van der Waals surface area contributed by atoms with Crippen LogP contribution in [0.4, 0.5) is 4.79 Å². The number of hydrogen-bond donors (Lipinski definition) is 0. The number of ether oxygens (including phenoxy) is 2. The molecule has 0 unspecified atom stereocenters. The molecule has 2 rings (SSSR count). The first-order valence-electron chi connectivity index (χ1n) is 6.99. The first kappa shape index (κ1) is 18.4. The van der Waals surface area contributed by atoms with E-state index in [1.165, 1.54) is 13.2 Å². The summed E-state index contributed by atoms with van der Waals surface area (Å²) in [5.41, 5.74) is 0.710. The monoisotopic (exact) mass is 409 g/mol. The van der Waals surface area contributed by atoms with E-state index in [0.29, 0.717) is 28.6 Å². The summed E-state index contributed by atoms with van der Waals surface area (Å²) in [6.45, 7) is 7.70. The summed E-state index contributed by atoms with van der Waals surface area (Å²) in [7, 11) is 1.53. The van der Waals surface area contributed by atoms with Crippen LogP contribution in [0.15, 0.2) is 46.8 Å². The number of methoxy groups -OCH3 is 1. The molecule has 0 radical (unpaired) electrons. The first-order valence-corrected chi connectivity index (χ1v) is 8.60. The molecule has 1 aliphatic heterocycles. The summed E-state index contributed by atoms with van der Waals surface area (Å²) < 4.78 is 11.6. The standard InChI is InChI=1S/C17H16BrNO4S/c1-4-6-19-16(20)15(24-17(19)21)9-11-8-13(22-3)14(10-12(11)18)23-7-5-2/h4-5,8-10H,1-2,6-7H2,3H3/b15-9-. The molecule has 1 aliphatic rings. The Balaban J connectivity index is 2.35. The third-order valence-corrected chi connectivity index (χ3v) is 4.71. The molecule has 1 heterocycles. The second-order valence-electron chi connectivity index (χ2n) is 4.71. The number of rotatable bonds is 7. The Labute approximate surface area is 153 Å². The molecule has 0 spiro atoms. The number of amides is 2. The average Bonchev–Trinajstić information content (AvgIpc) is 2.82. The van der Waals surface area contributed by atoms with Crippen LogP contribution in [0.2, 0.25) is 0 Å². The summed E-state index contributed by atoms with van der Waals surface area (Å²) in [6.07, 6.45) is 4.80. The minimum absolute atomic E-state index is 0.195. The largest absolute Gasteiger partial charge is 0.493 e. The van der Waals surface area contributed by atoms with E-state index in [-0.39, 0.29) is 17.7 Å². The molecule has 0 saturated carbocycles. The summed E-state index contributed by atoms with van der Waals surface area (Å²) in [5, 5.41) is -0.305. The van der Waals surface area contributed by atoms with Crippen molar-refractivity contribution in [3.63, 3.8) is 0 Å². The highest BCUT2D eigenvalue weighted by Gasteiger charge is 2.34. The molecule has 24 heavy (non-hydrogen) atoms. The van der Waals surface area contributed by atoms with Gasteiger partial charge in [0.25, 0.3) is 11.1 Å². The van der Waals surface area contributed by atoms with Gasteiger partial charge in [0.1, 0.15) is 6.61 Å². The van der Waals surface area contributed by atoms with Crippen LogP contribution < -0.4 is 9.47 Å². The molecule has 0 aromatic heterocycles. The molecule has 1 fully saturated rings. The Morgan fingerprint density at radius 3 is 2.62 bits per heavy atom.